The number of fused-ring (bicyclic) bond motifs is 1. The van der Waals surface area contributed by atoms with Gasteiger partial charge in [-0.3, -0.25) is 0 Å². The second-order valence-electron chi connectivity index (χ2n) is 5.40. The first-order chi connectivity index (χ1) is 9.63. The number of aryl methyl sites for hydroxylation is 2. The molecule has 3 nitrogen and oxygen atoms in total. The summed E-state index contributed by atoms with van der Waals surface area (Å²) in [6.45, 7) is 4.18. The fraction of sp³-hybridized carbons (Fsp3) is 0.235. The average molecular weight is 265 g/mol. The molecule has 0 saturated heterocycles. The van der Waals surface area contributed by atoms with Gasteiger partial charge in [-0.1, -0.05) is 36.4 Å². The van der Waals surface area contributed by atoms with Crippen molar-refractivity contribution in [2.75, 3.05) is 0 Å². The van der Waals surface area contributed by atoms with Gasteiger partial charge in [0.15, 0.2) is 0 Å². The Balaban J connectivity index is 1.92. The van der Waals surface area contributed by atoms with Gasteiger partial charge < -0.3 is 10.7 Å². The first kappa shape index (κ1) is 12.9. The highest BCUT2D eigenvalue weighted by atomic mass is 15.0. The maximum absolute atomic E-state index is 6.29. The number of aromatic amines is 1. The summed E-state index contributed by atoms with van der Waals surface area (Å²) in [4.78, 5) is 8.03. The number of hydrogen-bond donors (Lipinski definition) is 2. The molecule has 0 spiro atoms. The van der Waals surface area contributed by atoms with E-state index in [0.717, 1.165) is 23.3 Å². The maximum Gasteiger partial charge on any atom is 0.124 e. The number of rotatable bonds is 3. The van der Waals surface area contributed by atoms with Crippen LogP contribution in [0.3, 0.4) is 0 Å². The lowest BCUT2D eigenvalue weighted by Gasteiger charge is -2.08. The van der Waals surface area contributed by atoms with Crippen LogP contribution in [0.5, 0.6) is 0 Å². The Morgan fingerprint density at radius 1 is 1.15 bits per heavy atom. The summed E-state index contributed by atoms with van der Waals surface area (Å²) in [6.07, 6.45) is 0.790. The van der Waals surface area contributed by atoms with Gasteiger partial charge in [-0.05, 0) is 43.0 Å². The van der Waals surface area contributed by atoms with E-state index in [1.54, 1.807) is 0 Å². The van der Waals surface area contributed by atoms with Crippen molar-refractivity contribution in [2.45, 2.75) is 26.3 Å². The average Bonchev–Trinajstić information content (AvgIpc) is 2.84. The highest BCUT2D eigenvalue weighted by Crippen LogP contribution is 2.21. The maximum atomic E-state index is 6.29. The van der Waals surface area contributed by atoms with Crippen molar-refractivity contribution in [3.8, 4) is 0 Å². The lowest BCUT2D eigenvalue weighted by atomic mass is 10.1. The second kappa shape index (κ2) is 5.10. The highest BCUT2D eigenvalue weighted by Gasteiger charge is 2.13. The van der Waals surface area contributed by atoms with Gasteiger partial charge >= 0.3 is 0 Å². The largest absolute Gasteiger partial charge is 0.341 e. The monoisotopic (exact) mass is 265 g/mol. The Morgan fingerprint density at radius 2 is 1.90 bits per heavy atom. The van der Waals surface area contributed by atoms with Gasteiger partial charge in [-0.25, -0.2) is 4.98 Å². The summed E-state index contributed by atoms with van der Waals surface area (Å²) < 4.78 is 0. The summed E-state index contributed by atoms with van der Waals surface area (Å²) in [5, 5.41) is 0. The molecule has 0 bridgehead atoms. The molecule has 1 unspecified atom stereocenters. The molecule has 0 aliphatic carbocycles. The SMILES string of the molecule is Cc1cc(C)c2nc(C(N)Cc3ccccc3)[nH]c2c1. The third-order valence-corrected chi connectivity index (χ3v) is 3.59. The molecule has 20 heavy (non-hydrogen) atoms. The fourth-order valence-electron chi connectivity index (χ4n) is 2.63. The summed E-state index contributed by atoms with van der Waals surface area (Å²) in [5.41, 5.74) is 12.0. The number of hydrogen-bond acceptors (Lipinski definition) is 2. The summed E-state index contributed by atoms with van der Waals surface area (Å²) >= 11 is 0. The number of H-pyrrole nitrogens is 1. The number of nitrogens with two attached hydrogens (primary N) is 1. The first-order valence-electron chi connectivity index (χ1n) is 6.90. The van der Waals surface area contributed by atoms with E-state index >= 15 is 0 Å². The van der Waals surface area contributed by atoms with Gasteiger partial charge in [0.05, 0.1) is 17.1 Å². The molecule has 3 heteroatoms. The molecule has 1 heterocycles. The summed E-state index contributed by atoms with van der Waals surface area (Å²) in [6, 6.07) is 14.4. The third-order valence-electron chi connectivity index (χ3n) is 3.59. The van der Waals surface area contributed by atoms with E-state index in [0.29, 0.717) is 0 Å². The molecule has 2 aromatic carbocycles. The van der Waals surface area contributed by atoms with Crippen LogP contribution in [0, 0.1) is 13.8 Å². The highest BCUT2D eigenvalue weighted by molar-refractivity contribution is 5.79. The number of benzene rings is 2. The molecule has 1 atom stereocenters. The zero-order valence-electron chi connectivity index (χ0n) is 11.9. The molecule has 0 aliphatic heterocycles. The van der Waals surface area contributed by atoms with Crippen LogP contribution < -0.4 is 5.73 Å². The minimum absolute atomic E-state index is 0.107. The van der Waals surface area contributed by atoms with Crippen LogP contribution in [-0.4, -0.2) is 9.97 Å². The van der Waals surface area contributed by atoms with Crippen molar-refractivity contribution in [3.63, 3.8) is 0 Å². The van der Waals surface area contributed by atoms with Gasteiger partial charge in [0.2, 0.25) is 0 Å². The molecule has 0 fully saturated rings. The van der Waals surface area contributed by atoms with Crippen molar-refractivity contribution in [2.24, 2.45) is 5.73 Å². The number of imidazole rings is 1. The lowest BCUT2D eigenvalue weighted by Crippen LogP contribution is -2.14. The van der Waals surface area contributed by atoms with Gasteiger partial charge in [0, 0.05) is 0 Å². The van der Waals surface area contributed by atoms with E-state index in [1.807, 2.05) is 18.2 Å². The molecular formula is C17H19N3. The summed E-state index contributed by atoms with van der Waals surface area (Å²) in [7, 11) is 0. The standard InChI is InChI=1S/C17H19N3/c1-11-8-12(2)16-15(9-11)19-17(20-16)14(18)10-13-6-4-3-5-7-13/h3-9,14H,10,18H2,1-2H3,(H,19,20). The zero-order chi connectivity index (χ0) is 14.1. The number of aromatic nitrogens is 2. The smallest absolute Gasteiger partial charge is 0.124 e. The summed E-state index contributed by atoms with van der Waals surface area (Å²) in [5.74, 6) is 0.859. The molecule has 102 valence electrons. The Morgan fingerprint density at radius 3 is 2.65 bits per heavy atom. The Bertz CT molecular complexity index is 729. The van der Waals surface area contributed by atoms with E-state index < -0.39 is 0 Å². The van der Waals surface area contributed by atoms with Crippen molar-refractivity contribution >= 4 is 11.0 Å². The Labute approximate surface area is 118 Å². The van der Waals surface area contributed by atoms with E-state index in [4.69, 9.17) is 5.73 Å². The van der Waals surface area contributed by atoms with Gasteiger partial charge in [0.1, 0.15) is 5.82 Å². The minimum Gasteiger partial charge on any atom is -0.341 e. The normalized spacial score (nSPS) is 12.8. The molecule has 3 rings (SSSR count). The molecule has 1 aromatic heterocycles. The van der Waals surface area contributed by atoms with Crippen LogP contribution in [0.4, 0.5) is 0 Å². The van der Waals surface area contributed by atoms with Gasteiger partial charge in [0.25, 0.3) is 0 Å². The third kappa shape index (κ3) is 2.45. The quantitative estimate of drug-likeness (QED) is 0.762. The molecular weight excluding hydrogens is 246 g/mol. The van der Waals surface area contributed by atoms with Crippen LogP contribution in [0.1, 0.15) is 28.6 Å². The van der Waals surface area contributed by atoms with E-state index in [9.17, 15) is 0 Å². The minimum atomic E-state index is -0.107. The van der Waals surface area contributed by atoms with Gasteiger partial charge in [-0.15, -0.1) is 0 Å². The fourth-order valence-corrected chi connectivity index (χ4v) is 2.63. The predicted molar refractivity (Wildman–Crippen MR) is 82.6 cm³/mol. The predicted octanol–water partition coefficient (Wildman–Crippen LogP) is 3.42. The van der Waals surface area contributed by atoms with Crippen molar-refractivity contribution < 1.29 is 0 Å². The topological polar surface area (TPSA) is 54.7 Å². The van der Waals surface area contributed by atoms with Crippen molar-refractivity contribution in [1.29, 1.82) is 0 Å². The molecule has 0 saturated carbocycles. The number of nitrogens with one attached hydrogen (secondary N) is 1. The Hall–Kier alpha value is -2.13. The van der Waals surface area contributed by atoms with E-state index in [2.05, 4.69) is 48.1 Å². The molecule has 0 radical (unpaired) electrons. The lowest BCUT2D eigenvalue weighted by molar-refractivity contribution is 0.680. The first-order valence-corrected chi connectivity index (χ1v) is 6.90. The zero-order valence-corrected chi connectivity index (χ0v) is 11.9. The van der Waals surface area contributed by atoms with Crippen LogP contribution >= 0.6 is 0 Å². The Kier molecular flexibility index (Phi) is 3.28. The van der Waals surface area contributed by atoms with E-state index in [-0.39, 0.29) is 6.04 Å². The van der Waals surface area contributed by atoms with Gasteiger partial charge in [-0.2, -0.15) is 0 Å². The van der Waals surface area contributed by atoms with Crippen molar-refractivity contribution in [3.05, 3.63) is 65.0 Å². The van der Waals surface area contributed by atoms with Crippen LogP contribution in [0.2, 0.25) is 0 Å². The molecule has 0 aliphatic rings. The van der Waals surface area contributed by atoms with Crippen LogP contribution in [-0.2, 0) is 6.42 Å². The van der Waals surface area contributed by atoms with Crippen molar-refractivity contribution in [1.82, 2.24) is 9.97 Å². The second-order valence-corrected chi connectivity index (χ2v) is 5.40. The molecule has 0 amide bonds. The molecule has 3 N–H and O–H groups in total. The number of nitrogens with zero attached hydrogens (tertiary/aromatic N) is 1. The molecule has 3 aromatic rings. The van der Waals surface area contributed by atoms with Crippen LogP contribution in [0.25, 0.3) is 11.0 Å². The van der Waals surface area contributed by atoms with Crippen LogP contribution in [0.15, 0.2) is 42.5 Å². The van der Waals surface area contributed by atoms with E-state index in [1.165, 1.54) is 16.7 Å².